The van der Waals surface area contributed by atoms with Crippen LogP contribution in [0.1, 0.15) is 28.4 Å². The Morgan fingerprint density at radius 3 is 2.36 bits per heavy atom. The molecule has 0 fully saturated rings. The van der Waals surface area contributed by atoms with E-state index < -0.39 is 35.5 Å². The van der Waals surface area contributed by atoms with Crippen LogP contribution in [0.5, 0.6) is 0 Å². The summed E-state index contributed by atoms with van der Waals surface area (Å²) in [6, 6.07) is 8.76. The molecule has 0 saturated heterocycles. The summed E-state index contributed by atoms with van der Waals surface area (Å²) in [5, 5.41) is 5.12. The van der Waals surface area contributed by atoms with Crippen molar-refractivity contribution in [2.24, 2.45) is 0 Å². The Kier molecular flexibility index (Phi) is 7.34. The summed E-state index contributed by atoms with van der Waals surface area (Å²) in [5.41, 5.74) is 1.27. The van der Waals surface area contributed by atoms with Crippen molar-refractivity contribution in [2.45, 2.75) is 25.9 Å². The van der Waals surface area contributed by atoms with E-state index in [1.807, 2.05) is 0 Å². The summed E-state index contributed by atoms with van der Waals surface area (Å²) in [6.45, 7) is 1.84. The quantitative estimate of drug-likeness (QED) is 0.708. The molecule has 0 radical (unpaired) electrons. The van der Waals surface area contributed by atoms with Crippen molar-refractivity contribution in [2.75, 3.05) is 7.11 Å². The number of imide groups is 1. The zero-order valence-electron chi connectivity index (χ0n) is 15.4. The average molecular weight is 390 g/mol. The van der Waals surface area contributed by atoms with E-state index in [2.05, 4.69) is 15.4 Å². The molecule has 28 heavy (non-hydrogen) atoms. The second-order valence-corrected chi connectivity index (χ2v) is 6.16. The molecule has 0 aliphatic carbocycles. The molecule has 0 spiro atoms. The topological polar surface area (TPSA) is 84.5 Å². The molecule has 8 heteroatoms. The molecule has 0 heterocycles. The summed E-state index contributed by atoms with van der Waals surface area (Å²) in [5.74, 6) is -3.30. The number of carbonyl (C=O) groups is 3. The number of amides is 2. The van der Waals surface area contributed by atoms with Gasteiger partial charge in [0, 0.05) is 12.6 Å². The Balaban J connectivity index is 1.87. The van der Waals surface area contributed by atoms with Gasteiger partial charge in [-0.25, -0.2) is 13.6 Å². The van der Waals surface area contributed by atoms with E-state index in [1.165, 1.54) is 7.11 Å². The number of carbonyl (C=O) groups excluding carboxylic acids is 3. The summed E-state index contributed by atoms with van der Waals surface area (Å²) >= 11 is 0. The van der Waals surface area contributed by atoms with Gasteiger partial charge in [-0.05, 0) is 42.3 Å². The van der Waals surface area contributed by atoms with E-state index in [0.29, 0.717) is 11.6 Å². The van der Waals surface area contributed by atoms with Crippen LogP contribution < -0.4 is 10.6 Å². The molecule has 2 aromatic rings. The summed E-state index contributed by atoms with van der Waals surface area (Å²) in [7, 11) is 1.29. The molecule has 0 aromatic heterocycles. The van der Waals surface area contributed by atoms with Gasteiger partial charge in [0.2, 0.25) is 11.8 Å². The SMILES string of the molecule is COC(=O)c1cccc(CN[C@@H](C)C(=O)NC(=O)Cc2cc(F)cc(F)c2)c1. The second-order valence-electron chi connectivity index (χ2n) is 6.16. The largest absolute Gasteiger partial charge is 0.465 e. The van der Waals surface area contributed by atoms with Gasteiger partial charge in [0.15, 0.2) is 0 Å². The molecular weight excluding hydrogens is 370 g/mol. The predicted octanol–water partition coefficient (Wildman–Crippen LogP) is 2.12. The van der Waals surface area contributed by atoms with Crippen molar-refractivity contribution in [3.63, 3.8) is 0 Å². The number of benzene rings is 2. The van der Waals surface area contributed by atoms with Gasteiger partial charge in [0.05, 0.1) is 25.1 Å². The molecule has 2 rings (SSSR count). The van der Waals surface area contributed by atoms with Gasteiger partial charge >= 0.3 is 5.97 Å². The summed E-state index contributed by atoms with van der Waals surface area (Å²) in [6.07, 6.45) is -0.325. The third-order valence-electron chi connectivity index (χ3n) is 3.90. The first-order valence-corrected chi connectivity index (χ1v) is 8.48. The van der Waals surface area contributed by atoms with Crippen molar-refractivity contribution < 1.29 is 27.9 Å². The highest BCUT2D eigenvalue weighted by molar-refractivity contribution is 5.98. The van der Waals surface area contributed by atoms with Gasteiger partial charge in [0.25, 0.3) is 0 Å². The van der Waals surface area contributed by atoms with Crippen LogP contribution in [0.4, 0.5) is 8.78 Å². The number of hydrogen-bond donors (Lipinski definition) is 2. The number of methoxy groups -OCH3 is 1. The normalized spacial score (nSPS) is 11.6. The fourth-order valence-electron chi connectivity index (χ4n) is 2.48. The first kappa shape index (κ1) is 21.2. The van der Waals surface area contributed by atoms with E-state index >= 15 is 0 Å². The van der Waals surface area contributed by atoms with Crippen LogP contribution in [0.2, 0.25) is 0 Å². The molecule has 6 nitrogen and oxygen atoms in total. The van der Waals surface area contributed by atoms with Crippen molar-refractivity contribution in [3.8, 4) is 0 Å². The molecule has 0 aliphatic heterocycles. The van der Waals surface area contributed by atoms with Gasteiger partial charge in [-0.3, -0.25) is 14.9 Å². The second kappa shape index (κ2) is 9.70. The van der Waals surface area contributed by atoms with Crippen LogP contribution in [-0.4, -0.2) is 30.9 Å². The highest BCUT2D eigenvalue weighted by Crippen LogP contribution is 2.09. The molecule has 148 valence electrons. The Morgan fingerprint density at radius 1 is 1.04 bits per heavy atom. The van der Waals surface area contributed by atoms with Crippen molar-refractivity contribution in [3.05, 3.63) is 70.8 Å². The number of hydrogen-bond acceptors (Lipinski definition) is 5. The maximum absolute atomic E-state index is 13.2. The Hall–Kier alpha value is -3.13. The van der Waals surface area contributed by atoms with Crippen LogP contribution in [0.15, 0.2) is 42.5 Å². The molecule has 2 amide bonds. The lowest BCUT2D eigenvalue weighted by Crippen LogP contribution is -2.44. The van der Waals surface area contributed by atoms with E-state index in [4.69, 9.17) is 0 Å². The minimum Gasteiger partial charge on any atom is -0.465 e. The van der Waals surface area contributed by atoms with E-state index in [0.717, 1.165) is 17.7 Å². The van der Waals surface area contributed by atoms with E-state index in [9.17, 15) is 23.2 Å². The first-order chi connectivity index (χ1) is 13.3. The minimum atomic E-state index is -0.793. The van der Waals surface area contributed by atoms with Crippen molar-refractivity contribution >= 4 is 17.8 Å². The highest BCUT2D eigenvalue weighted by atomic mass is 19.1. The van der Waals surface area contributed by atoms with Gasteiger partial charge in [-0.1, -0.05) is 12.1 Å². The fourth-order valence-corrected chi connectivity index (χ4v) is 2.48. The summed E-state index contributed by atoms with van der Waals surface area (Å²) in [4.78, 5) is 35.6. The smallest absolute Gasteiger partial charge is 0.337 e. The maximum atomic E-state index is 13.2. The number of halogens is 2. The lowest BCUT2D eigenvalue weighted by molar-refractivity contribution is -0.131. The van der Waals surface area contributed by atoms with Crippen LogP contribution in [-0.2, 0) is 27.3 Å². The van der Waals surface area contributed by atoms with E-state index in [-0.39, 0.29) is 18.5 Å². The van der Waals surface area contributed by atoms with E-state index in [1.54, 1.807) is 31.2 Å². The van der Waals surface area contributed by atoms with Crippen LogP contribution >= 0.6 is 0 Å². The average Bonchev–Trinajstić information content (AvgIpc) is 2.64. The number of esters is 1. The molecule has 2 aromatic carbocycles. The van der Waals surface area contributed by atoms with Crippen molar-refractivity contribution in [1.82, 2.24) is 10.6 Å². The standard InChI is InChI=1S/C20H20F2N2O4/c1-12(23-11-13-4-3-5-15(6-13)20(27)28-2)19(26)24-18(25)9-14-7-16(21)10-17(22)8-14/h3-8,10,12,23H,9,11H2,1-2H3,(H,24,25,26)/t12-/m0/s1. The lowest BCUT2D eigenvalue weighted by Gasteiger charge is -2.14. The molecule has 1 atom stereocenters. The number of nitrogens with one attached hydrogen (secondary N) is 2. The molecular formula is C20H20F2N2O4. The van der Waals surface area contributed by atoms with Gasteiger partial charge < -0.3 is 10.1 Å². The maximum Gasteiger partial charge on any atom is 0.337 e. The Morgan fingerprint density at radius 2 is 1.71 bits per heavy atom. The zero-order valence-corrected chi connectivity index (χ0v) is 15.4. The molecule has 0 bridgehead atoms. The van der Waals surface area contributed by atoms with Gasteiger partial charge in [-0.15, -0.1) is 0 Å². The predicted molar refractivity (Wildman–Crippen MR) is 97.3 cm³/mol. The third kappa shape index (κ3) is 6.24. The van der Waals surface area contributed by atoms with Gasteiger partial charge in [0.1, 0.15) is 11.6 Å². The van der Waals surface area contributed by atoms with Gasteiger partial charge in [-0.2, -0.15) is 0 Å². The Labute approximate surface area is 160 Å². The number of ether oxygens (including phenoxy) is 1. The zero-order chi connectivity index (χ0) is 20.7. The monoisotopic (exact) mass is 390 g/mol. The van der Waals surface area contributed by atoms with Crippen LogP contribution in [0, 0.1) is 11.6 Å². The fraction of sp³-hybridized carbons (Fsp3) is 0.250. The van der Waals surface area contributed by atoms with Crippen LogP contribution in [0.3, 0.4) is 0 Å². The molecule has 0 aliphatic rings. The van der Waals surface area contributed by atoms with Crippen LogP contribution in [0.25, 0.3) is 0 Å². The number of rotatable bonds is 7. The lowest BCUT2D eigenvalue weighted by atomic mass is 10.1. The highest BCUT2D eigenvalue weighted by Gasteiger charge is 2.16. The molecule has 0 saturated carbocycles. The van der Waals surface area contributed by atoms with Crippen molar-refractivity contribution in [1.29, 1.82) is 0 Å². The molecule has 2 N–H and O–H groups in total. The Bertz CT molecular complexity index is 866. The third-order valence-corrected chi connectivity index (χ3v) is 3.90. The first-order valence-electron chi connectivity index (χ1n) is 8.48. The summed E-state index contributed by atoms with van der Waals surface area (Å²) < 4.78 is 31.0. The minimum absolute atomic E-state index is 0.128. The molecule has 0 unspecified atom stereocenters.